The van der Waals surface area contributed by atoms with E-state index < -0.39 is 0 Å². The van der Waals surface area contributed by atoms with E-state index in [4.69, 9.17) is 14.7 Å². The van der Waals surface area contributed by atoms with E-state index >= 15 is 0 Å². The van der Waals surface area contributed by atoms with E-state index in [0.29, 0.717) is 44.4 Å². The number of nitrogens with one attached hydrogen (secondary N) is 2. The van der Waals surface area contributed by atoms with Gasteiger partial charge in [-0.25, -0.2) is 14.8 Å². The lowest BCUT2D eigenvalue weighted by molar-refractivity contribution is 0.0980. The Kier molecular flexibility index (Phi) is 7.42. The molecule has 9 nitrogen and oxygen atoms in total. The first kappa shape index (κ1) is 23.4. The number of anilines is 2. The Balaban J connectivity index is 1.66. The van der Waals surface area contributed by atoms with Gasteiger partial charge in [-0.15, -0.1) is 0 Å². The smallest absolute Gasteiger partial charge is 0.319 e. The van der Waals surface area contributed by atoms with E-state index in [1.165, 1.54) is 5.56 Å². The Labute approximate surface area is 195 Å². The van der Waals surface area contributed by atoms with Gasteiger partial charge in [0.2, 0.25) is 0 Å². The van der Waals surface area contributed by atoms with Gasteiger partial charge in [-0.1, -0.05) is 0 Å². The molecule has 0 unspecified atom stereocenters. The Morgan fingerprint density at radius 2 is 2.06 bits per heavy atom. The number of aliphatic hydroxyl groups is 1. The standard InChI is InChI=1S/C24H34N6O3/c1-4-25-24(32)26-19-7-5-18(6-8-19)22-27-21-14-29(13-17(3)31)10-9-20(21)23(28-22)30-11-12-33-15-16(30)2/h5-8,16-17,31H,4,9-15H2,1-3H3,(H2,25,26,32)/t16-,17+/m0/s1. The maximum absolute atomic E-state index is 11.8. The summed E-state index contributed by atoms with van der Waals surface area (Å²) in [6.45, 7) is 10.8. The number of hydrogen-bond donors (Lipinski definition) is 3. The van der Waals surface area contributed by atoms with Crippen molar-refractivity contribution in [3.8, 4) is 11.4 Å². The third-order valence-electron chi connectivity index (χ3n) is 6.02. The van der Waals surface area contributed by atoms with Crippen molar-refractivity contribution in [2.45, 2.75) is 45.9 Å². The number of rotatable bonds is 6. The van der Waals surface area contributed by atoms with Crippen LogP contribution in [0.25, 0.3) is 11.4 Å². The van der Waals surface area contributed by atoms with Crippen molar-refractivity contribution in [2.75, 3.05) is 49.6 Å². The fraction of sp³-hybridized carbons (Fsp3) is 0.542. The van der Waals surface area contributed by atoms with Gasteiger partial charge in [0.25, 0.3) is 0 Å². The van der Waals surface area contributed by atoms with Crippen LogP contribution in [-0.2, 0) is 17.7 Å². The van der Waals surface area contributed by atoms with E-state index in [9.17, 15) is 9.90 Å². The quantitative estimate of drug-likeness (QED) is 0.615. The highest BCUT2D eigenvalue weighted by Crippen LogP contribution is 2.31. The number of carbonyl (C=O) groups is 1. The van der Waals surface area contributed by atoms with Gasteiger partial charge < -0.3 is 25.4 Å². The van der Waals surface area contributed by atoms with Gasteiger partial charge in [0.1, 0.15) is 5.82 Å². The SMILES string of the molecule is CCNC(=O)Nc1ccc(-c2nc3c(c(N4CCOC[C@@H]4C)n2)CCN(C[C@@H](C)O)C3)cc1. The molecule has 2 aromatic rings. The molecule has 9 heteroatoms. The molecule has 1 saturated heterocycles. The third kappa shape index (κ3) is 5.61. The Morgan fingerprint density at radius 1 is 1.27 bits per heavy atom. The number of hydrogen-bond acceptors (Lipinski definition) is 7. The molecule has 2 atom stereocenters. The fourth-order valence-corrected chi connectivity index (χ4v) is 4.44. The molecule has 3 heterocycles. The molecule has 0 bridgehead atoms. The van der Waals surface area contributed by atoms with Gasteiger partial charge in [0.05, 0.1) is 31.1 Å². The number of aliphatic hydroxyl groups excluding tert-OH is 1. The molecule has 3 N–H and O–H groups in total. The number of amides is 2. The number of carbonyl (C=O) groups excluding carboxylic acids is 1. The number of aromatic nitrogens is 2. The highest BCUT2D eigenvalue weighted by Gasteiger charge is 2.29. The van der Waals surface area contributed by atoms with Gasteiger partial charge in [0.15, 0.2) is 5.82 Å². The molecule has 1 aromatic carbocycles. The van der Waals surface area contributed by atoms with E-state index in [-0.39, 0.29) is 18.2 Å². The zero-order chi connectivity index (χ0) is 23.4. The summed E-state index contributed by atoms with van der Waals surface area (Å²) >= 11 is 0. The summed E-state index contributed by atoms with van der Waals surface area (Å²) in [5, 5.41) is 15.4. The molecular formula is C24H34N6O3. The average Bonchev–Trinajstić information content (AvgIpc) is 2.79. The molecular weight excluding hydrogens is 420 g/mol. The Hall–Kier alpha value is -2.75. The van der Waals surface area contributed by atoms with Crippen LogP contribution in [0, 0.1) is 0 Å². The van der Waals surface area contributed by atoms with Crippen molar-refractivity contribution in [3.05, 3.63) is 35.5 Å². The zero-order valence-electron chi connectivity index (χ0n) is 19.7. The molecule has 0 aliphatic carbocycles. The summed E-state index contributed by atoms with van der Waals surface area (Å²) in [6, 6.07) is 7.62. The molecule has 4 rings (SSSR count). The maximum atomic E-state index is 11.8. The fourth-order valence-electron chi connectivity index (χ4n) is 4.44. The monoisotopic (exact) mass is 454 g/mol. The lowest BCUT2D eigenvalue weighted by atomic mass is 10.0. The summed E-state index contributed by atoms with van der Waals surface area (Å²) < 4.78 is 5.65. The molecule has 2 aliphatic heterocycles. The van der Waals surface area contributed by atoms with Crippen LogP contribution in [0.5, 0.6) is 0 Å². The summed E-state index contributed by atoms with van der Waals surface area (Å²) in [4.78, 5) is 26.4. The number of morpholine rings is 1. The van der Waals surface area contributed by atoms with Crippen LogP contribution < -0.4 is 15.5 Å². The Bertz CT molecular complexity index is 965. The molecule has 0 radical (unpaired) electrons. The normalized spacial score (nSPS) is 19.6. The topological polar surface area (TPSA) is 103 Å². The molecule has 1 fully saturated rings. The summed E-state index contributed by atoms with van der Waals surface area (Å²) in [5.74, 6) is 1.66. The van der Waals surface area contributed by atoms with Gasteiger partial charge >= 0.3 is 6.03 Å². The number of nitrogens with zero attached hydrogens (tertiary/aromatic N) is 4. The zero-order valence-corrected chi connectivity index (χ0v) is 19.7. The van der Waals surface area contributed by atoms with E-state index in [2.05, 4.69) is 27.4 Å². The highest BCUT2D eigenvalue weighted by molar-refractivity contribution is 5.89. The van der Waals surface area contributed by atoms with Gasteiger partial charge in [-0.2, -0.15) is 0 Å². The predicted octanol–water partition coefficient (Wildman–Crippen LogP) is 2.25. The van der Waals surface area contributed by atoms with Crippen LogP contribution in [0.4, 0.5) is 16.3 Å². The number of fused-ring (bicyclic) bond motifs is 1. The number of benzene rings is 1. The average molecular weight is 455 g/mol. The van der Waals surface area contributed by atoms with Crippen LogP contribution in [0.3, 0.4) is 0 Å². The summed E-state index contributed by atoms with van der Waals surface area (Å²) in [6.07, 6.45) is 0.480. The van der Waals surface area contributed by atoms with Crippen LogP contribution in [0.2, 0.25) is 0 Å². The van der Waals surface area contributed by atoms with Crippen LogP contribution in [0.1, 0.15) is 32.0 Å². The third-order valence-corrected chi connectivity index (χ3v) is 6.02. The molecule has 2 aliphatic rings. The van der Waals surface area contributed by atoms with Crippen LogP contribution in [0.15, 0.2) is 24.3 Å². The molecule has 0 spiro atoms. The van der Waals surface area contributed by atoms with E-state index in [1.54, 1.807) is 0 Å². The molecule has 1 aromatic heterocycles. The van der Waals surface area contributed by atoms with E-state index in [0.717, 1.165) is 36.6 Å². The van der Waals surface area contributed by atoms with Gasteiger partial charge in [0, 0.05) is 49.5 Å². The van der Waals surface area contributed by atoms with Crippen molar-refractivity contribution in [1.29, 1.82) is 0 Å². The van der Waals surface area contributed by atoms with Crippen LogP contribution >= 0.6 is 0 Å². The molecule has 2 amide bonds. The molecule has 178 valence electrons. The first-order chi connectivity index (χ1) is 15.9. The lowest BCUT2D eigenvalue weighted by Gasteiger charge is -2.38. The number of β-amino-alcohol motifs (C(OH)–C–C–N with tert-alkyl or cyclic N) is 1. The maximum Gasteiger partial charge on any atom is 0.319 e. The second-order valence-electron chi connectivity index (χ2n) is 8.81. The second-order valence-corrected chi connectivity index (χ2v) is 8.81. The summed E-state index contributed by atoms with van der Waals surface area (Å²) in [5.41, 5.74) is 3.83. The van der Waals surface area contributed by atoms with Crippen molar-refractivity contribution in [3.63, 3.8) is 0 Å². The minimum atomic E-state index is -0.378. The van der Waals surface area contributed by atoms with Crippen LogP contribution in [-0.4, -0.2) is 77.5 Å². The van der Waals surface area contributed by atoms with Gasteiger partial charge in [-0.05, 0) is 51.5 Å². The minimum Gasteiger partial charge on any atom is -0.392 e. The first-order valence-electron chi connectivity index (χ1n) is 11.7. The molecule has 0 saturated carbocycles. The van der Waals surface area contributed by atoms with Crippen molar-refractivity contribution in [2.24, 2.45) is 0 Å². The largest absolute Gasteiger partial charge is 0.392 e. The molecule has 33 heavy (non-hydrogen) atoms. The minimum absolute atomic E-state index is 0.225. The van der Waals surface area contributed by atoms with E-state index in [1.807, 2.05) is 38.1 Å². The number of urea groups is 1. The second kappa shape index (κ2) is 10.5. The predicted molar refractivity (Wildman–Crippen MR) is 128 cm³/mol. The first-order valence-corrected chi connectivity index (χ1v) is 11.7. The highest BCUT2D eigenvalue weighted by atomic mass is 16.5. The summed E-state index contributed by atoms with van der Waals surface area (Å²) in [7, 11) is 0. The van der Waals surface area contributed by atoms with Crippen molar-refractivity contribution in [1.82, 2.24) is 20.2 Å². The van der Waals surface area contributed by atoms with Crippen molar-refractivity contribution < 1.29 is 14.6 Å². The van der Waals surface area contributed by atoms with Crippen molar-refractivity contribution >= 4 is 17.5 Å². The Morgan fingerprint density at radius 3 is 2.76 bits per heavy atom. The van der Waals surface area contributed by atoms with Gasteiger partial charge in [-0.3, -0.25) is 4.90 Å². The number of ether oxygens (including phenoxy) is 1. The lowest BCUT2D eigenvalue weighted by Crippen LogP contribution is -2.45.